The van der Waals surface area contributed by atoms with Crippen LogP contribution in [0.2, 0.25) is 0 Å². The van der Waals surface area contributed by atoms with Gasteiger partial charge in [0.2, 0.25) is 11.8 Å². The molecule has 8 heteroatoms. The van der Waals surface area contributed by atoms with E-state index in [4.69, 9.17) is 0 Å². The summed E-state index contributed by atoms with van der Waals surface area (Å²) in [5, 5.41) is 8.42. The molecule has 2 saturated heterocycles. The fourth-order valence-corrected chi connectivity index (χ4v) is 5.55. The van der Waals surface area contributed by atoms with Gasteiger partial charge in [-0.1, -0.05) is 12.1 Å². The molecule has 0 radical (unpaired) electrons. The van der Waals surface area contributed by atoms with E-state index in [0.717, 1.165) is 42.7 Å². The summed E-state index contributed by atoms with van der Waals surface area (Å²) in [7, 11) is 0. The summed E-state index contributed by atoms with van der Waals surface area (Å²) in [6.45, 7) is 2.87. The van der Waals surface area contributed by atoms with Gasteiger partial charge in [0, 0.05) is 49.9 Å². The van der Waals surface area contributed by atoms with Crippen LogP contribution in [-0.4, -0.2) is 58.4 Å². The Bertz CT molecular complexity index is 1110. The van der Waals surface area contributed by atoms with Crippen LogP contribution in [0, 0.1) is 0 Å². The molecule has 3 aromatic rings. The molecule has 2 amide bonds. The van der Waals surface area contributed by atoms with Gasteiger partial charge in [0.1, 0.15) is 12.1 Å². The Labute approximate surface area is 191 Å². The average Bonchev–Trinajstić information content (AvgIpc) is 3.47. The summed E-state index contributed by atoms with van der Waals surface area (Å²) >= 11 is 1.67. The number of amides is 2. The van der Waals surface area contributed by atoms with Crippen molar-refractivity contribution in [2.45, 2.75) is 37.6 Å². The number of rotatable bonds is 6. The maximum absolute atomic E-state index is 13.0. The zero-order valence-corrected chi connectivity index (χ0v) is 18.8. The van der Waals surface area contributed by atoms with Crippen LogP contribution in [0.15, 0.2) is 47.4 Å². The maximum Gasteiger partial charge on any atom is 0.222 e. The third kappa shape index (κ3) is 4.32. The number of hydrogen-bond donors (Lipinski definition) is 1. The van der Waals surface area contributed by atoms with Gasteiger partial charge in [-0.3, -0.25) is 9.59 Å². The van der Waals surface area contributed by atoms with Crippen molar-refractivity contribution in [2.75, 3.05) is 31.1 Å². The summed E-state index contributed by atoms with van der Waals surface area (Å²) in [5.74, 6) is 1.20. The van der Waals surface area contributed by atoms with Crippen molar-refractivity contribution in [1.82, 2.24) is 20.2 Å². The lowest BCUT2D eigenvalue weighted by Gasteiger charge is -2.36. The third-order valence-corrected chi connectivity index (χ3v) is 7.36. The highest BCUT2D eigenvalue weighted by Crippen LogP contribution is 2.31. The van der Waals surface area contributed by atoms with Crippen molar-refractivity contribution in [3.8, 4) is 0 Å². The first-order valence-corrected chi connectivity index (χ1v) is 12.1. The predicted octanol–water partition coefficient (Wildman–Crippen LogP) is 3.01. The van der Waals surface area contributed by atoms with Gasteiger partial charge in [0.05, 0.1) is 5.52 Å². The van der Waals surface area contributed by atoms with Crippen LogP contribution in [0.3, 0.4) is 0 Å². The van der Waals surface area contributed by atoms with Crippen LogP contribution in [0.4, 0.5) is 5.82 Å². The normalized spacial score (nSPS) is 21.2. The van der Waals surface area contributed by atoms with E-state index in [1.165, 1.54) is 5.56 Å². The second-order valence-electron chi connectivity index (χ2n) is 8.72. The van der Waals surface area contributed by atoms with Gasteiger partial charge in [-0.15, -0.1) is 0 Å². The molecule has 1 N–H and O–H groups in total. The SMILES string of the molecule is O=C1CCC(CCC(=O)N2CCN(c3ncnc4ccccc34)CC2)(Cc2ccsc2)N1. The number of benzene rings is 1. The number of carbonyl (C=O) groups is 2. The topological polar surface area (TPSA) is 78.4 Å². The van der Waals surface area contributed by atoms with Crippen molar-refractivity contribution >= 4 is 39.9 Å². The molecule has 5 rings (SSSR count). The van der Waals surface area contributed by atoms with Crippen molar-refractivity contribution in [3.05, 3.63) is 53.0 Å². The van der Waals surface area contributed by atoms with Crippen LogP contribution in [0.25, 0.3) is 10.9 Å². The van der Waals surface area contributed by atoms with Gasteiger partial charge in [-0.2, -0.15) is 11.3 Å². The minimum absolute atomic E-state index is 0.0957. The molecule has 0 bridgehead atoms. The third-order valence-electron chi connectivity index (χ3n) is 6.63. The lowest BCUT2D eigenvalue weighted by Crippen LogP contribution is -2.50. The van der Waals surface area contributed by atoms with Gasteiger partial charge < -0.3 is 15.1 Å². The van der Waals surface area contributed by atoms with E-state index in [2.05, 4.69) is 37.0 Å². The molecule has 4 heterocycles. The zero-order chi connectivity index (χ0) is 22.0. The number of carbonyl (C=O) groups excluding carboxylic acids is 2. The van der Waals surface area contributed by atoms with Crippen LogP contribution in [-0.2, 0) is 16.0 Å². The Hall–Kier alpha value is -3.00. The molecule has 0 saturated carbocycles. The number of fused-ring (bicyclic) bond motifs is 1. The molecule has 7 nitrogen and oxygen atoms in total. The number of piperazine rings is 1. The Kier molecular flexibility index (Phi) is 5.78. The largest absolute Gasteiger partial charge is 0.352 e. The van der Waals surface area contributed by atoms with Crippen molar-refractivity contribution < 1.29 is 9.59 Å². The first-order chi connectivity index (χ1) is 15.6. The molecular formula is C24H27N5O2S. The van der Waals surface area contributed by atoms with Crippen LogP contribution in [0.5, 0.6) is 0 Å². The Morgan fingerprint density at radius 3 is 2.72 bits per heavy atom. The molecule has 2 aliphatic rings. The van der Waals surface area contributed by atoms with E-state index in [1.807, 2.05) is 29.2 Å². The highest BCUT2D eigenvalue weighted by atomic mass is 32.1. The molecule has 0 aliphatic carbocycles. The summed E-state index contributed by atoms with van der Waals surface area (Å²) in [4.78, 5) is 38.0. The summed E-state index contributed by atoms with van der Waals surface area (Å²) in [5.41, 5.74) is 1.87. The highest BCUT2D eigenvalue weighted by molar-refractivity contribution is 7.07. The van der Waals surface area contributed by atoms with Gasteiger partial charge in [0.15, 0.2) is 0 Å². The number of nitrogens with one attached hydrogen (secondary N) is 1. The number of hydrogen-bond acceptors (Lipinski definition) is 6. The number of thiophene rings is 1. The highest BCUT2D eigenvalue weighted by Gasteiger charge is 2.38. The monoisotopic (exact) mass is 449 g/mol. The maximum atomic E-state index is 13.0. The van der Waals surface area contributed by atoms with Gasteiger partial charge in [0.25, 0.3) is 0 Å². The Morgan fingerprint density at radius 2 is 1.97 bits per heavy atom. The molecule has 32 heavy (non-hydrogen) atoms. The predicted molar refractivity (Wildman–Crippen MR) is 126 cm³/mol. The van der Waals surface area contributed by atoms with E-state index in [9.17, 15) is 9.59 Å². The van der Waals surface area contributed by atoms with E-state index in [1.54, 1.807) is 17.7 Å². The molecule has 1 aromatic carbocycles. The second kappa shape index (κ2) is 8.86. The van der Waals surface area contributed by atoms with Gasteiger partial charge in [-0.25, -0.2) is 9.97 Å². The fourth-order valence-electron chi connectivity index (χ4n) is 4.88. The first kappa shape index (κ1) is 20.9. The van der Waals surface area contributed by atoms with E-state index < -0.39 is 0 Å². The lowest BCUT2D eigenvalue weighted by atomic mass is 9.85. The Morgan fingerprint density at radius 1 is 1.12 bits per heavy atom. The molecule has 0 spiro atoms. The number of nitrogens with zero attached hydrogens (tertiary/aromatic N) is 4. The van der Waals surface area contributed by atoms with E-state index in [-0.39, 0.29) is 17.4 Å². The lowest BCUT2D eigenvalue weighted by molar-refractivity contribution is -0.132. The molecule has 2 fully saturated rings. The Balaban J connectivity index is 1.19. The molecular weight excluding hydrogens is 422 g/mol. The molecule has 166 valence electrons. The number of aromatic nitrogens is 2. The standard InChI is InChI=1S/C24H27N5O2S/c30-21-5-8-24(27-21,15-18-7-14-32-16-18)9-6-22(31)28-10-12-29(13-11-28)23-19-3-1-2-4-20(19)25-17-26-23/h1-4,7,14,16-17H,5-6,8-13,15H2,(H,27,30). The second-order valence-corrected chi connectivity index (χ2v) is 9.50. The van der Waals surface area contributed by atoms with Crippen LogP contribution < -0.4 is 10.2 Å². The number of para-hydroxylation sites is 1. The van der Waals surface area contributed by atoms with Crippen molar-refractivity contribution in [3.63, 3.8) is 0 Å². The summed E-state index contributed by atoms with van der Waals surface area (Å²) < 4.78 is 0. The molecule has 2 aromatic heterocycles. The van der Waals surface area contributed by atoms with Gasteiger partial charge >= 0.3 is 0 Å². The quantitative estimate of drug-likeness (QED) is 0.626. The summed E-state index contributed by atoms with van der Waals surface area (Å²) in [6, 6.07) is 10.1. The average molecular weight is 450 g/mol. The van der Waals surface area contributed by atoms with Crippen molar-refractivity contribution in [2.24, 2.45) is 0 Å². The van der Waals surface area contributed by atoms with Gasteiger partial charge in [-0.05, 0) is 53.8 Å². The summed E-state index contributed by atoms with van der Waals surface area (Å²) in [6.07, 6.45) is 4.89. The van der Waals surface area contributed by atoms with Crippen LogP contribution in [0.1, 0.15) is 31.2 Å². The van der Waals surface area contributed by atoms with Crippen LogP contribution >= 0.6 is 11.3 Å². The minimum Gasteiger partial charge on any atom is -0.352 e. The smallest absolute Gasteiger partial charge is 0.222 e. The van der Waals surface area contributed by atoms with E-state index >= 15 is 0 Å². The molecule has 1 unspecified atom stereocenters. The van der Waals surface area contributed by atoms with E-state index in [0.29, 0.717) is 32.4 Å². The first-order valence-electron chi connectivity index (χ1n) is 11.2. The zero-order valence-electron chi connectivity index (χ0n) is 18.0. The molecule has 2 aliphatic heterocycles. The fraction of sp³-hybridized carbons (Fsp3) is 0.417. The molecule has 1 atom stereocenters. The number of anilines is 1. The van der Waals surface area contributed by atoms with Crippen molar-refractivity contribution in [1.29, 1.82) is 0 Å². The minimum atomic E-state index is -0.296.